The van der Waals surface area contributed by atoms with E-state index in [9.17, 15) is 18.0 Å². The normalized spacial score (nSPS) is 14.1. The Labute approximate surface area is 194 Å². The van der Waals surface area contributed by atoms with Gasteiger partial charge in [0.05, 0.1) is 42.5 Å². The number of nitrogens with zero attached hydrogens (tertiary/aromatic N) is 2. The number of nitrogens with one attached hydrogen (secondary N) is 1. The van der Waals surface area contributed by atoms with Crippen LogP contribution in [0.1, 0.15) is 24.2 Å². The summed E-state index contributed by atoms with van der Waals surface area (Å²) in [6.07, 6.45) is 1.02. The highest BCUT2D eigenvalue weighted by Crippen LogP contribution is 2.23. The molecule has 0 spiro atoms. The van der Waals surface area contributed by atoms with E-state index in [4.69, 9.17) is 9.47 Å². The third-order valence-electron chi connectivity index (χ3n) is 4.91. The highest BCUT2D eigenvalue weighted by atomic mass is 32.2. The quantitative estimate of drug-likeness (QED) is 0.628. The number of anilines is 2. The van der Waals surface area contributed by atoms with Gasteiger partial charge in [-0.1, -0.05) is 12.1 Å². The van der Waals surface area contributed by atoms with Crippen LogP contribution in [0.25, 0.3) is 0 Å². The largest absolute Gasteiger partial charge is 0.491 e. The van der Waals surface area contributed by atoms with Crippen LogP contribution in [0.15, 0.2) is 48.5 Å². The molecule has 0 aromatic heterocycles. The van der Waals surface area contributed by atoms with Crippen molar-refractivity contribution in [2.75, 3.05) is 48.7 Å². The molecule has 1 N–H and O–H groups in total. The van der Waals surface area contributed by atoms with Crippen molar-refractivity contribution in [1.82, 2.24) is 4.90 Å². The van der Waals surface area contributed by atoms with Gasteiger partial charge in [0.2, 0.25) is 15.9 Å². The Morgan fingerprint density at radius 3 is 2.33 bits per heavy atom. The van der Waals surface area contributed by atoms with Gasteiger partial charge in [-0.25, -0.2) is 8.42 Å². The molecule has 0 aliphatic carbocycles. The second-order valence-electron chi connectivity index (χ2n) is 7.93. The van der Waals surface area contributed by atoms with E-state index in [0.29, 0.717) is 49.0 Å². The zero-order chi connectivity index (χ0) is 24.0. The number of hydrogen-bond donors (Lipinski definition) is 1. The molecule has 1 fully saturated rings. The van der Waals surface area contributed by atoms with Gasteiger partial charge < -0.3 is 19.7 Å². The highest BCUT2D eigenvalue weighted by molar-refractivity contribution is 7.92. The number of hydrogen-bond acceptors (Lipinski definition) is 6. The molecule has 0 unspecified atom stereocenters. The van der Waals surface area contributed by atoms with E-state index in [0.717, 1.165) is 10.6 Å². The zero-order valence-corrected chi connectivity index (χ0v) is 19.8. The molecular weight excluding hydrogens is 446 g/mol. The Morgan fingerprint density at radius 1 is 1.09 bits per heavy atom. The first-order chi connectivity index (χ1) is 15.6. The lowest BCUT2D eigenvalue weighted by atomic mass is 10.1. The summed E-state index contributed by atoms with van der Waals surface area (Å²) in [5.41, 5.74) is 1.00. The summed E-state index contributed by atoms with van der Waals surface area (Å²) >= 11 is 0. The van der Waals surface area contributed by atoms with E-state index in [-0.39, 0.29) is 12.0 Å². The minimum absolute atomic E-state index is 0.0205. The first-order valence-electron chi connectivity index (χ1n) is 10.7. The summed E-state index contributed by atoms with van der Waals surface area (Å²) in [6.45, 7) is 5.21. The van der Waals surface area contributed by atoms with Crippen LogP contribution in [0.5, 0.6) is 5.75 Å². The molecule has 1 saturated heterocycles. The number of rotatable bonds is 8. The molecule has 2 amide bonds. The number of amides is 2. The molecule has 2 aromatic carbocycles. The van der Waals surface area contributed by atoms with Gasteiger partial charge in [0.15, 0.2) is 0 Å². The number of ether oxygens (including phenoxy) is 2. The topological polar surface area (TPSA) is 105 Å². The standard InChI is InChI=1S/C23H29N3O6S/c1-17(2)32-19-10-8-18(9-11-19)26(33(3,29)30)16-22(27)24-21-7-5-4-6-20(21)23(28)25-12-14-31-15-13-25/h4-11,17H,12-16H2,1-3H3,(H,24,27). The van der Waals surface area contributed by atoms with E-state index in [1.165, 1.54) is 0 Å². The van der Waals surface area contributed by atoms with Gasteiger partial charge in [0, 0.05) is 13.1 Å². The van der Waals surface area contributed by atoms with Crippen molar-refractivity contribution in [3.05, 3.63) is 54.1 Å². The number of sulfonamides is 1. The van der Waals surface area contributed by atoms with E-state index in [1.54, 1.807) is 53.4 Å². The maximum atomic E-state index is 12.9. The molecule has 10 heteroatoms. The van der Waals surface area contributed by atoms with Crippen molar-refractivity contribution in [2.24, 2.45) is 0 Å². The fourth-order valence-corrected chi connectivity index (χ4v) is 4.26. The summed E-state index contributed by atoms with van der Waals surface area (Å²) in [5, 5.41) is 2.69. The molecule has 1 aliphatic heterocycles. The lowest BCUT2D eigenvalue weighted by Gasteiger charge is -2.27. The summed E-state index contributed by atoms with van der Waals surface area (Å²) in [4.78, 5) is 27.4. The van der Waals surface area contributed by atoms with Crippen LogP contribution in [-0.4, -0.2) is 70.3 Å². The second kappa shape index (κ2) is 10.7. The Morgan fingerprint density at radius 2 is 1.73 bits per heavy atom. The van der Waals surface area contributed by atoms with Crippen LogP contribution in [0.3, 0.4) is 0 Å². The van der Waals surface area contributed by atoms with Crippen molar-refractivity contribution in [3.63, 3.8) is 0 Å². The lowest BCUT2D eigenvalue weighted by Crippen LogP contribution is -2.41. The summed E-state index contributed by atoms with van der Waals surface area (Å²) in [5.74, 6) is -0.178. The maximum absolute atomic E-state index is 12.9. The molecule has 1 heterocycles. The molecule has 3 rings (SSSR count). The molecule has 0 radical (unpaired) electrons. The Kier molecular flexibility index (Phi) is 7.93. The summed E-state index contributed by atoms with van der Waals surface area (Å²) < 4.78 is 36.7. The van der Waals surface area contributed by atoms with Gasteiger partial charge in [0.25, 0.3) is 5.91 Å². The van der Waals surface area contributed by atoms with Gasteiger partial charge in [-0.2, -0.15) is 0 Å². The van der Waals surface area contributed by atoms with Crippen LogP contribution in [-0.2, 0) is 19.6 Å². The number of carbonyl (C=O) groups is 2. The predicted octanol–water partition coefficient (Wildman–Crippen LogP) is 2.35. The van der Waals surface area contributed by atoms with Gasteiger partial charge >= 0.3 is 0 Å². The Bertz CT molecular complexity index is 1080. The zero-order valence-electron chi connectivity index (χ0n) is 19.0. The first-order valence-corrected chi connectivity index (χ1v) is 12.5. The van der Waals surface area contributed by atoms with Crippen molar-refractivity contribution in [1.29, 1.82) is 0 Å². The van der Waals surface area contributed by atoms with Gasteiger partial charge in [-0.3, -0.25) is 13.9 Å². The van der Waals surface area contributed by atoms with Gasteiger partial charge in [-0.05, 0) is 50.2 Å². The van der Waals surface area contributed by atoms with E-state index in [2.05, 4.69) is 5.32 Å². The van der Waals surface area contributed by atoms with Crippen LogP contribution >= 0.6 is 0 Å². The third-order valence-corrected chi connectivity index (χ3v) is 6.05. The second-order valence-corrected chi connectivity index (χ2v) is 9.84. The molecule has 0 bridgehead atoms. The molecule has 2 aromatic rings. The molecule has 1 aliphatic rings. The van der Waals surface area contributed by atoms with Crippen molar-refractivity contribution >= 4 is 33.2 Å². The third kappa shape index (κ3) is 6.69. The average Bonchev–Trinajstić information content (AvgIpc) is 2.77. The summed E-state index contributed by atoms with van der Waals surface area (Å²) in [6, 6.07) is 13.2. The van der Waals surface area contributed by atoms with E-state index >= 15 is 0 Å². The SMILES string of the molecule is CC(C)Oc1ccc(N(CC(=O)Nc2ccccc2C(=O)N2CCOCC2)S(C)(=O)=O)cc1. The molecular formula is C23H29N3O6S. The minimum Gasteiger partial charge on any atom is -0.491 e. The smallest absolute Gasteiger partial charge is 0.256 e. The number of carbonyl (C=O) groups excluding carboxylic acids is 2. The van der Waals surface area contributed by atoms with Crippen molar-refractivity contribution in [2.45, 2.75) is 20.0 Å². The minimum atomic E-state index is -3.74. The van der Waals surface area contributed by atoms with E-state index in [1.807, 2.05) is 13.8 Å². The number of morpholine rings is 1. The Balaban J connectivity index is 1.76. The number of benzene rings is 2. The highest BCUT2D eigenvalue weighted by Gasteiger charge is 2.24. The molecule has 0 atom stereocenters. The Hall–Kier alpha value is -3.11. The lowest BCUT2D eigenvalue weighted by molar-refractivity contribution is -0.114. The fourth-order valence-electron chi connectivity index (χ4n) is 3.40. The fraction of sp³-hybridized carbons (Fsp3) is 0.391. The van der Waals surface area contributed by atoms with E-state index < -0.39 is 22.5 Å². The molecule has 0 saturated carbocycles. The predicted molar refractivity (Wildman–Crippen MR) is 126 cm³/mol. The number of para-hydroxylation sites is 1. The van der Waals surface area contributed by atoms with Gasteiger partial charge in [-0.15, -0.1) is 0 Å². The van der Waals surface area contributed by atoms with Gasteiger partial charge in [0.1, 0.15) is 12.3 Å². The van der Waals surface area contributed by atoms with Crippen molar-refractivity contribution in [3.8, 4) is 5.75 Å². The van der Waals surface area contributed by atoms with Crippen LogP contribution < -0.4 is 14.4 Å². The summed E-state index contributed by atoms with van der Waals surface area (Å²) in [7, 11) is -3.74. The molecule has 9 nitrogen and oxygen atoms in total. The van der Waals surface area contributed by atoms with Crippen molar-refractivity contribution < 1.29 is 27.5 Å². The monoisotopic (exact) mass is 475 g/mol. The molecule has 178 valence electrons. The first kappa shape index (κ1) is 24.5. The maximum Gasteiger partial charge on any atom is 0.256 e. The van der Waals surface area contributed by atoms with Crippen LogP contribution in [0.2, 0.25) is 0 Å². The molecule has 33 heavy (non-hydrogen) atoms. The van der Waals surface area contributed by atoms with Crippen LogP contribution in [0, 0.1) is 0 Å². The van der Waals surface area contributed by atoms with Crippen LogP contribution in [0.4, 0.5) is 11.4 Å². The average molecular weight is 476 g/mol.